The van der Waals surface area contributed by atoms with Gasteiger partial charge in [0.2, 0.25) is 11.7 Å². The molecule has 0 bridgehead atoms. The molecule has 1 unspecified atom stereocenters. The Kier molecular flexibility index (Phi) is 6.38. The first-order valence-electron chi connectivity index (χ1n) is 9.74. The lowest BCUT2D eigenvalue weighted by Crippen LogP contribution is -2.43. The second-order valence-electron chi connectivity index (χ2n) is 7.16. The van der Waals surface area contributed by atoms with E-state index in [9.17, 15) is 14.0 Å². The molecule has 1 aliphatic heterocycles. The van der Waals surface area contributed by atoms with E-state index in [1.807, 2.05) is 6.92 Å². The Bertz CT molecular complexity index is 851. The van der Waals surface area contributed by atoms with E-state index in [0.29, 0.717) is 37.6 Å². The molecule has 1 N–H and O–H groups in total. The Labute approximate surface area is 163 Å². The van der Waals surface area contributed by atoms with E-state index in [1.54, 1.807) is 23.1 Å². The summed E-state index contributed by atoms with van der Waals surface area (Å²) >= 11 is 0. The molecule has 2 aromatic rings. The smallest absolute Gasteiger partial charge is 0.293 e. The largest absolute Gasteiger partial charge is 0.356 e. The third-order valence-electron chi connectivity index (χ3n) is 4.87. The number of aryl methyl sites for hydroxylation is 1. The zero-order valence-electron chi connectivity index (χ0n) is 16.3. The Morgan fingerprint density at radius 2 is 2.11 bits per heavy atom. The number of hydrogen-bond acceptors (Lipinski definition) is 4. The molecule has 1 aromatic carbocycles. The number of nitrogens with zero attached hydrogens (tertiary/aromatic N) is 4. The van der Waals surface area contributed by atoms with Crippen LogP contribution >= 0.6 is 0 Å². The van der Waals surface area contributed by atoms with Gasteiger partial charge in [-0.2, -0.15) is 0 Å². The molecular weight excluding hydrogens is 361 g/mol. The third-order valence-corrected chi connectivity index (χ3v) is 4.87. The van der Waals surface area contributed by atoms with Gasteiger partial charge in [0.05, 0.1) is 0 Å². The quantitative estimate of drug-likeness (QED) is 0.825. The van der Waals surface area contributed by atoms with Crippen LogP contribution in [0.2, 0.25) is 0 Å². The van der Waals surface area contributed by atoms with Crippen molar-refractivity contribution in [2.75, 3.05) is 19.6 Å². The van der Waals surface area contributed by atoms with Gasteiger partial charge in [-0.15, -0.1) is 5.10 Å². The summed E-state index contributed by atoms with van der Waals surface area (Å²) < 4.78 is 15.7. The summed E-state index contributed by atoms with van der Waals surface area (Å²) in [7, 11) is 0. The number of likely N-dealkylation sites (tertiary alicyclic amines) is 1. The molecule has 8 heteroatoms. The van der Waals surface area contributed by atoms with Crippen molar-refractivity contribution in [1.82, 2.24) is 25.0 Å². The van der Waals surface area contributed by atoms with Gasteiger partial charge in [-0.05, 0) is 37.3 Å². The molecule has 2 amide bonds. The number of carbonyl (C=O) groups is 2. The summed E-state index contributed by atoms with van der Waals surface area (Å²) in [5.74, 6) is 0.148. The molecule has 0 aliphatic carbocycles. The van der Waals surface area contributed by atoms with Crippen molar-refractivity contribution in [3.05, 3.63) is 41.7 Å². The van der Waals surface area contributed by atoms with Crippen molar-refractivity contribution in [1.29, 1.82) is 0 Å². The number of nitrogens with one attached hydrogen (secondary N) is 1. The lowest BCUT2D eigenvalue weighted by molar-refractivity contribution is -0.119. The van der Waals surface area contributed by atoms with Crippen molar-refractivity contribution < 1.29 is 14.0 Å². The Hall–Kier alpha value is -2.77. The Morgan fingerprint density at radius 3 is 2.82 bits per heavy atom. The van der Waals surface area contributed by atoms with E-state index in [0.717, 1.165) is 19.3 Å². The van der Waals surface area contributed by atoms with Crippen LogP contribution in [0.5, 0.6) is 0 Å². The minimum atomic E-state index is -0.405. The SMILES string of the molecule is CCCc1nc(C(=O)N2CCCC(CNC(C)=O)C2)nn1-c1ccccc1F. The van der Waals surface area contributed by atoms with Crippen LogP contribution in [0, 0.1) is 11.7 Å². The number of para-hydroxylation sites is 1. The van der Waals surface area contributed by atoms with Crippen LogP contribution in [0.4, 0.5) is 4.39 Å². The summed E-state index contributed by atoms with van der Waals surface area (Å²) in [5.41, 5.74) is 0.291. The fraction of sp³-hybridized carbons (Fsp3) is 0.500. The molecule has 0 radical (unpaired) electrons. The maximum atomic E-state index is 14.2. The number of carbonyl (C=O) groups excluding carboxylic acids is 2. The molecule has 28 heavy (non-hydrogen) atoms. The molecule has 7 nitrogen and oxygen atoms in total. The lowest BCUT2D eigenvalue weighted by atomic mass is 9.98. The summed E-state index contributed by atoms with van der Waals surface area (Å²) in [5, 5.41) is 7.16. The molecule has 1 atom stereocenters. The number of rotatable bonds is 6. The van der Waals surface area contributed by atoms with E-state index in [4.69, 9.17) is 0 Å². The standard InChI is InChI=1S/C20H26FN5O2/c1-3-7-18-23-19(24-26(18)17-10-5-4-9-16(17)21)20(28)25-11-6-8-15(13-25)12-22-14(2)27/h4-5,9-10,15H,3,6-8,11-13H2,1-2H3,(H,22,27). The van der Waals surface area contributed by atoms with Gasteiger partial charge in [0.25, 0.3) is 5.91 Å². The van der Waals surface area contributed by atoms with Gasteiger partial charge in [0, 0.05) is 33.0 Å². The second-order valence-corrected chi connectivity index (χ2v) is 7.16. The monoisotopic (exact) mass is 387 g/mol. The number of aromatic nitrogens is 3. The molecule has 2 heterocycles. The van der Waals surface area contributed by atoms with Crippen LogP contribution in [-0.4, -0.2) is 51.1 Å². The van der Waals surface area contributed by atoms with Gasteiger partial charge < -0.3 is 10.2 Å². The normalized spacial score (nSPS) is 16.8. The minimum Gasteiger partial charge on any atom is -0.356 e. The van der Waals surface area contributed by atoms with Crippen molar-refractivity contribution in [2.24, 2.45) is 5.92 Å². The van der Waals surface area contributed by atoms with Gasteiger partial charge in [-0.1, -0.05) is 19.1 Å². The maximum Gasteiger partial charge on any atom is 0.293 e. The molecule has 1 aromatic heterocycles. The lowest BCUT2D eigenvalue weighted by Gasteiger charge is -2.32. The highest BCUT2D eigenvalue weighted by molar-refractivity contribution is 5.90. The first kappa shape index (κ1) is 20.0. The Balaban J connectivity index is 1.81. The first-order valence-corrected chi connectivity index (χ1v) is 9.74. The van der Waals surface area contributed by atoms with E-state index in [1.165, 1.54) is 17.7 Å². The molecule has 1 saturated heterocycles. The van der Waals surface area contributed by atoms with Gasteiger partial charge in [0.1, 0.15) is 17.3 Å². The predicted octanol–water partition coefficient (Wildman–Crippen LogP) is 2.35. The zero-order valence-corrected chi connectivity index (χ0v) is 16.3. The van der Waals surface area contributed by atoms with Crippen LogP contribution in [0.1, 0.15) is 49.6 Å². The fourth-order valence-electron chi connectivity index (χ4n) is 3.48. The number of halogens is 1. The van der Waals surface area contributed by atoms with Gasteiger partial charge in [0.15, 0.2) is 0 Å². The van der Waals surface area contributed by atoms with Crippen molar-refractivity contribution >= 4 is 11.8 Å². The highest BCUT2D eigenvalue weighted by Crippen LogP contribution is 2.19. The highest BCUT2D eigenvalue weighted by atomic mass is 19.1. The molecule has 0 spiro atoms. The second kappa shape index (κ2) is 8.95. The summed E-state index contributed by atoms with van der Waals surface area (Å²) in [6.07, 6.45) is 3.23. The number of benzene rings is 1. The number of piperidine rings is 1. The molecule has 1 aliphatic rings. The maximum absolute atomic E-state index is 14.2. The predicted molar refractivity (Wildman–Crippen MR) is 103 cm³/mol. The van der Waals surface area contributed by atoms with Gasteiger partial charge in [-0.25, -0.2) is 14.1 Å². The van der Waals surface area contributed by atoms with Gasteiger partial charge in [-0.3, -0.25) is 9.59 Å². The molecule has 0 saturated carbocycles. The average molecular weight is 387 g/mol. The van der Waals surface area contributed by atoms with Crippen LogP contribution in [0.3, 0.4) is 0 Å². The van der Waals surface area contributed by atoms with E-state index in [2.05, 4.69) is 15.4 Å². The zero-order chi connectivity index (χ0) is 20.1. The van der Waals surface area contributed by atoms with Crippen LogP contribution in [0.25, 0.3) is 5.69 Å². The highest BCUT2D eigenvalue weighted by Gasteiger charge is 2.28. The summed E-state index contributed by atoms with van der Waals surface area (Å²) in [6, 6.07) is 6.34. The summed E-state index contributed by atoms with van der Waals surface area (Å²) in [6.45, 7) is 5.22. The number of amides is 2. The van der Waals surface area contributed by atoms with Crippen molar-refractivity contribution in [2.45, 2.75) is 39.5 Å². The molecular formula is C20H26FN5O2. The Morgan fingerprint density at radius 1 is 1.32 bits per heavy atom. The van der Waals surface area contributed by atoms with Crippen LogP contribution in [0.15, 0.2) is 24.3 Å². The van der Waals surface area contributed by atoms with Crippen LogP contribution < -0.4 is 5.32 Å². The molecule has 150 valence electrons. The number of hydrogen-bond donors (Lipinski definition) is 1. The first-order chi connectivity index (χ1) is 13.5. The molecule has 3 rings (SSSR count). The topological polar surface area (TPSA) is 80.1 Å². The molecule has 1 fully saturated rings. The summed E-state index contributed by atoms with van der Waals surface area (Å²) in [4.78, 5) is 30.3. The van der Waals surface area contributed by atoms with Crippen molar-refractivity contribution in [3.8, 4) is 5.69 Å². The van der Waals surface area contributed by atoms with Crippen molar-refractivity contribution in [3.63, 3.8) is 0 Å². The van der Waals surface area contributed by atoms with Gasteiger partial charge >= 0.3 is 0 Å². The minimum absolute atomic E-state index is 0.0713. The fourth-order valence-corrected chi connectivity index (χ4v) is 3.48. The third kappa shape index (κ3) is 4.55. The average Bonchev–Trinajstić information content (AvgIpc) is 3.10. The van der Waals surface area contributed by atoms with Crippen LogP contribution in [-0.2, 0) is 11.2 Å². The van der Waals surface area contributed by atoms with E-state index >= 15 is 0 Å². The van der Waals surface area contributed by atoms with E-state index in [-0.39, 0.29) is 23.6 Å². The van der Waals surface area contributed by atoms with E-state index < -0.39 is 5.82 Å².